The number of hydrogen-bond donors (Lipinski definition) is 0. The molecule has 0 atom stereocenters. The summed E-state index contributed by atoms with van der Waals surface area (Å²) < 4.78 is 6.54. The average molecular weight is 840 g/mol. The molecule has 1 aromatic heterocycles. The lowest BCUT2D eigenvalue weighted by molar-refractivity contribution is 0.669. The first-order valence-corrected chi connectivity index (χ1v) is 22.7. The van der Waals surface area contributed by atoms with Crippen LogP contribution in [0.3, 0.4) is 0 Å². The Kier molecular flexibility index (Phi) is 8.89. The van der Waals surface area contributed by atoms with E-state index in [1.807, 2.05) is 6.07 Å². The highest BCUT2D eigenvalue weighted by molar-refractivity contribution is 6.22. The number of hydrogen-bond acceptors (Lipinski definition) is 2. The Hall–Kier alpha value is -8.72. The molecule has 13 aromatic rings. The van der Waals surface area contributed by atoms with Gasteiger partial charge in [-0.3, -0.25) is 0 Å². The normalized spacial score (nSPS) is 11.6. The second-order valence-electron chi connectivity index (χ2n) is 17.1. The number of para-hydroxylation sites is 2. The van der Waals surface area contributed by atoms with E-state index in [4.69, 9.17) is 4.42 Å². The molecule has 1 heterocycles. The zero-order valence-electron chi connectivity index (χ0n) is 36.0. The zero-order valence-corrected chi connectivity index (χ0v) is 36.0. The van der Waals surface area contributed by atoms with Gasteiger partial charge in [-0.05, 0) is 131 Å². The van der Waals surface area contributed by atoms with Gasteiger partial charge in [0.2, 0.25) is 0 Å². The summed E-state index contributed by atoms with van der Waals surface area (Å²) in [5, 5.41) is 12.1. The topological polar surface area (TPSA) is 16.4 Å². The summed E-state index contributed by atoms with van der Waals surface area (Å²) >= 11 is 0. The van der Waals surface area contributed by atoms with Crippen LogP contribution in [-0.2, 0) is 0 Å². The smallest absolute Gasteiger partial charge is 0.137 e. The molecule has 0 bridgehead atoms. The predicted octanol–water partition coefficient (Wildman–Crippen LogP) is 18.3. The summed E-state index contributed by atoms with van der Waals surface area (Å²) in [7, 11) is 0. The summed E-state index contributed by atoms with van der Waals surface area (Å²) in [6, 6.07) is 90.3. The number of nitrogens with zero attached hydrogens (tertiary/aromatic N) is 1. The van der Waals surface area contributed by atoms with Crippen LogP contribution in [0.5, 0.6) is 0 Å². The van der Waals surface area contributed by atoms with Gasteiger partial charge < -0.3 is 9.32 Å². The van der Waals surface area contributed by atoms with Crippen molar-refractivity contribution >= 4 is 82.1 Å². The van der Waals surface area contributed by atoms with Crippen molar-refractivity contribution in [2.45, 2.75) is 0 Å². The standard InChI is InChI=1S/C64H41NO/c1-3-18-43(19-4-1)62-54-28-12-11-26-51(54)53-39-36-46(41-57(53)63(62)44-20-5-2-6-21-44)49-24-13-15-30-58(49)65(59-31-17-33-61-64(59)55-29-14-16-32-60(55)66-61)47-37-34-42(35-38-47)56-40-45-22-7-8-23-48(45)50-25-9-10-27-52(50)56/h1-41H. The van der Waals surface area contributed by atoms with Crippen LogP contribution in [0.4, 0.5) is 17.1 Å². The van der Waals surface area contributed by atoms with Crippen LogP contribution in [-0.4, -0.2) is 0 Å². The molecule has 2 heteroatoms. The van der Waals surface area contributed by atoms with Crippen molar-refractivity contribution in [2.24, 2.45) is 0 Å². The lowest BCUT2D eigenvalue weighted by atomic mass is 9.84. The summed E-state index contributed by atoms with van der Waals surface area (Å²) in [6.45, 7) is 0. The van der Waals surface area contributed by atoms with Crippen LogP contribution < -0.4 is 4.90 Å². The highest BCUT2D eigenvalue weighted by Gasteiger charge is 2.24. The molecule has 0 saturated carbocycles. The van der Waals surface area contributed by atoms with E-state index < -0.39 is 0 Å². The highest BCUT2D eigenvalue weighted by atomic mass is 16.3. The van der Waals surface area contributed by atoms with E-state index in [1.54, 1.807) is 0 Å². The van der Waals surface area contributed by atoms with Gasteiger partial charge in [-0.25, -0.2) is 0 Å². The molecule has 0 aliphatic carbocycles. The Balaban J connectivity index is 1.05. The molecule has 0 radical (unpaired) electrons. The third-order valence-electron chi connectivity index (χ3n) is 13.4. The lowest BCUT2D eigenvalue weighted by Gasteiger charge is -2.29. The van der Waals surface area contributed by atoms with Crippen LogP contribution in [0.2, 0.25) is 0 Å². The Morgan fingerprint density at radius 3 is 1.56 bits per heavy atom. The minimum atomic E-state index is 0.856. The van der Waals surface area contributed by atoms with E-state index in [1.165, 1.54) is 76.5 Å². The Bertz CT molecular complexity index is 3980. The molecule has 0 saturated heterocycles. The minimum absolute atomic E-state index is 0.856. The third-order valence-corrected chi connectivity index (χ3v) is 13.4. The van der Waals surface area contributed by atoms with Crippen molar-refractivity contribution in [3.05, 3.63) is 249 Å². The van der Waals surface area contributed by atoms with E-state index in [9.17, 15) is 0 Å². The summed E-state index contributed by atoms with van der Waals surface area (Å²) in [5.74, 6) is 0. The summed E-state index contributed by atoms with van der Waals surface area (Å²) in [4.78, 5) is 2.43. The van der Waals surface area contributed by atoms with Gasteiger partial charge >= 0.3 is 0 Å². The van der Waals surface area contributed by atoms with E-state index in [0.717, 1.165) is 50.1 Å². The van der Waals surface area contributed by atoms with E-state index in [0.29, 0.717) is 0 Å². The van der Waals surface area contributed by atoms with Crippen LogP contribution >= 0.6 is 0 Å². The third kappa shape index (κ3) is 6.11. The van der Waals surface area contributed by atoms with Crippen molar-refractivity contribution < 1.29 is 4.42 Å². The first kappa shape index (κ1) is 37.8. The zero-order chi connectivity index (χ0) is 43.6. The number of rotatable bonds is 7. The molecule has 0 N–H and O–H groups in total. The van der Waals surface area contributed by atoms with E-state index >= 15 is 0 Å². The average Bonchev–Trinajstić information content (AvgIpc) is 3.78. The fourth-order valence-corrected chi connectivity index (χ4v) is 10.5. The Morgan fingerprint density at radius 2 is 0.803 bits per heavy atom. The molecular weight excluding hydrogens is 799 g/mol. The molecule has 0 fully saturated rings. The molecule has 0 unspecified atom stereocenters. The maximum atomic E-state index is 6.54. The summed E-state index contributed by atoms with van der Waals surface area (Å²) in [6.07, 6.45) is 0. The monoisotopic (exact) mass is 839 g/mol. The second kappa shape index (κ2) is 15.5. The maximum Gasteiger partial charge on any atom is 0.137 e. The van der Waals surface area contributed by atoms with Gasteiger partial charge in [-0.2, -0.15) is 0 Å². The van der Waals surface area contributed by atoms with Crippen molar-refractivity contribution in [1.29, 1.82) is 0 Å². The van der Waals surface area contributed by atoms with E-state index in [2.05, 4.69) is 248 Å². The van der Waals surface area contributed by atoms with Crippen molar-refractivity contribution in [3.63, 3.8) is 0 Å². The van der Waals surface area contributed by atoms with Crippen molar-refractivity contribution in [3.8, 4) is 44.5 Å². The molecule has 0 spiro atoms. The molecule has 308 valence electrons. The van der Waals surface area contributed by atoms with Gasteiger partial charge in [0, 0.05) is 16.6 Å². The fraction of sp³-hybridized carbons (Fsp3) is 0. The van der Waals surface area contributed by atoms with Crippen LogP contribution in [0.15, 0.2) is 253 Å². The largest absolute Gasteiger partial charge is 0.456 e. The molecule has 0 aliphatic rings. The van der Waals surface area contributed by atoms with Crippen LogP contribution in [0.25, 0.3) is 110 Å². The van der Waals surface area contributed by atoms with Gasteiger partial charge in [0.05, 0.1) is 16.8 Å². The van der Waals surface area contributed by atoms with Gasteiger partial charge in [0.1, 0.15) is 11.2 Å². The molecule has 66 heavy (non-hydrogen) atoms. The highest BCUT2D eigenvalue weighted by Crippen LogP contribution is 2.49. The molecule has 13 rings (SSSR count). The van der Waals surface area contributed by atoms with Gasteiger partial charge in [-0.15, -0.1) is 0 Å². The van der Waals surface area contributed by atoms with Crippen molar-refractivity contribution in [1.82, 2.24) is 0 Å². The SMILES string of the molecule is c1ccc(-c2c(-c3ccccc3)c3cc(-c4ccccc4N(c4ccc(-c5cc6ccccc6c6ccccc56)cc4)c4cccc5oc6ccccc6c45)ccc3c3ccccc23)cc1. The summed E-state index contributed by atoms with van der Waals surface area (Å²) in [5.41, 5.74) is 14.4. The van der Waals surface area contributed by atoms with Gasteiger partial charge in [0.25, 0.3) is 0 Å². The molecular formula is C64H41NO. The molecule has 2 nitrogen and oxygen atoms in total. The fourth-order valence-electron chi connectivity index (χ4n) is 10.5. The number of furan rings is 1. The number of benzene rings is 12. The minimum Gasteiger partial charge on any atom is -0.456 e. The first-order valence-electron chi connectivity index (χ1n) is 22.7. The van der Waals surface area contributed by atoms with Crippen LogP contribution in [0, 0.1) is 0 Å². The maximum absolute atomic E-state index is 6.54. The first-order chi connectivity index (χ1) is 32.8. The molecule has 0 aliphatic heterocycles. The van der Waals surface area contributed by atoms with E-state index in [-0.39, 0.29) is 0 Å². The van der Waals surface area contributed by atoms with Crippen LogP contribution in [0.1, 0.15) is 0 Å². The second-order valence-corrected chi connectivity index (χ2v) is 17.1. The number of anilines is 3. The molecule has 0 amide bonds. The predicted molar refractivity (Wildman–Crippen MR) is 280 cm³/mol. The molecule has 12 aromatic carbocycles. The Morgan fingerprint density at radius 1 is 0.273 bits per heavy atom. The van der Waals surface area contributed by atoms with Crippen molar-refractivity contribution in [2.75, 3.05) is 4.90 Å². The Labute approximate surface area is 382 Å². The van der Waals surface area contributed by atoms with Gasteiger partial charge in [-0.1, -0.05) is 200 Å². The quantitative estimate of drug-likeness (QED) is 0.149. The van der Waals surface area contributed by atoms with Gasteiger partial charge in [0.15, 0.2) is 0 Å². The number of fused-ring (bicyclic) bond motifs is 9. The lowest BCUT2D eigenvalue weighted by Crippen LogP contribution is -2.11.